The molecule has 0 aliphatic carbocycles. The summed E-state index contributed by atoms with van der Waals surface area (Å²) in [6.07, 6.45) is 3.47. The van der Waals surface area contributed by atoms with Crippen LogP contribution < -0.4 is 4.74 Å². The number of rotatable bonds is 4. The predicted octanol–water partition coefficient (Wildman–Crippen LogP) is 5.24. The van der Waals surface area contributed by atoms with Crippen molar-refractivity contribution >= 4 is 28.7 Å². The third-order valence-electron chi connectivity index (χ3n) is 6.00. The fourth-order valence-corrected chi connectivity index (χ4v) is 4.63. The van der Waals surface area contributed by atoms with Gasteiger partial charge in [0.1, 0.15) is 17.1 Å². The Morgan fingerprint density at radius 2 is 1.84 bits per heavy atom. The average molecular weight is 447 g/mol. The number of ether oxygens (including phenoxy) is 1. The Balaban J connectivity index is 1.40. The van der Waals surface area contributed by atoms with Crippen molar-refractivity contribution in [3.8, 4) is 17.1 Å². The summed E-state index contributed by atoms with van der Waals surface area (Å²) in [7, 11) is 1.56. The Morgan fingerprint density at radius 1 is 1.06 bits per heavy atom. The molecule has 7 heteroatoms. The molecule has 0 radical (unpaired) electrons. The Morgan fingerprint density at radius 3 is 2.56 bits per heavy atom. The van der Waals surface area contributed by atoms with E-state index in [0.717, 1.165) is 35.4 Å². The van der Waals surface area contributed by atoms with Crippen LogP contribution in [0.2, 0.25) is 5.02 Å². The molecule has 2 aromatic carbocycles. The van der Waals surface area contributed by atoms with Gasteiger partial charge in [-0.2, -0.15) is 0 Å². The number of hydrogen-bond acceptors (Lipinski definition) is 4. The molecule has 0 bridgehead atoms. The average Bonchev–Trinajstić information content (AvgIpc) is 3.24. The number of halogens is 1. The van der Waals surface area contributed by atoms with E-state index in [4.69, 9.17) is 21.3 Å². The fraction of sp³-hybridized carbons (Fsp3) is 0.240. The highest BCUT2D eigenvalue weighted by Crippen LogP contribution is 2.33. The summed E-state index contributed by atoms with van der Waals surface area (Å²) in [5.41, 5.74) is 3.42. The number of methoxy groups -OCH3 is 1. The number of fused-ring (bicyclic) bond motifs is 1. The van der Waals surface area contributed by atoms with Gasteiger partial charge < -0.3 is 14.2 Å². The molecule has 0 atom stereocenters. The van der Waals surface area contributed by atoms with Gasteiger partial charge in [0.25, 0.3) is 5.91 Å². The van der Waals surface area contributed by atoms with Crippen LogP contribution in [-0.4, -0.2) is 45.5 Å². The maximum atomic E-state index is 13.0. The summed E-state index contributed by atoms with van der Waals surface area (Å²) in [6.45, 7) is 1.32. The van der Waals surface area contributed by atoms with Crippen LogP contribution in [0.5, 0.6) is 5.75 Å². The standard InChI is InChI=1S/C25H23ClN4O2/c1-32-22-10-9-18(16-20(22)26)25(31)29-14-11-19(12-15-29)30-23(17-6-3-2-4-7-17)28-21-8-5-13-27-24(21)30/h2-10,13,16,19H,11-12,14-15H2,1H3. The smallest absolute Gasteiger partial charge is 0.253 e. The lowest BCUT2D eigenvalue weighted by atomic mass is 10.0. The molecule has 0 unspecified atom stereocenters. The molecule has 1 aliphatic rings. The normalized spacial score (nSPS) is 14.6. The van der Waals surface area contributed by atoms with Crippen LogP contribution in [0.1, 0.15) is 29.2 Å². The van der Waals surface area contributed by atoms with Gasteiger partial charge in [-0.05, 0) is 43.2 Å². The predicted molar refractivity (Wildman–Crippen MR) is 125 cm³/mol. The first kappa shape index (κ1) is 20.5. The van der Waals surface area contributed by atoms with Crippen LogP contribution in [0.3, 0.4) is 0 Å². The van der Waals surface area contributed by atoms with Crippen LogP contribution in [0.4, 0.5) is 0 Å². The van der Waals surface area contributed by atoms with Gasteiger partial charge in [0.05, 0.1) is 12.1 Å². The van der Waals surface area contributed by atoms with Crippen LogP contribution in [-0.2, 0) is 0 Å². The first-order valence-corrected chi connectivity index (χ1v) is 11.0. The SMILES string of the molecule is COc1ccc(C(=O)N2CCC(n3c(-c4ccccc4)nc4cccnc43)CC2)cc1Cl. The number of pyridine rings is 1. The summed E-state index contributed by atoms with van der Waals surface area (Å²) in [5, 5.41) is 0.441. The molecule has 1 aliphatic heterocycles. The summed E-state index contributed by atoms with van der Waals surface area (Å²) < 4.78 is 7.44. The van der Waals surface area contributed by atoms with Crippen LogP contribution in [0.25, 0.3) is 22.6 Å². The molecule has 32 heavy (non-hydrogen) atoms. The van der Waals surface area contributed by atoms with Crippen LogP contribution >= 0.6 is 11.6 Å². The minimum absolute atomic E-state index is 0.00935. The van der Waals surface area contributed by atoms with Gasteiger partial charge in [-0.15, -0.1) is 0 Å². The number of amides is 1. The number of carbonyl (C=O) groups is 1. The van der Waals surface area contributed by atoms with Gasteiger partial charge in [0.2, 0.25) is 0 Å². The number of likely N-dealkylation sites (tertiary alicyclic amines) is 1. The topological polar surface area (TPSA) is 60.2 Å². The minimum atomic E-state index is -0.00935. The molecule has 4 aromatic rings. The molecule has 1 amide bonds. The molecule has 0 N–H and O–H groups in total. The van der Waals surface area contributed by atoms with E-state index in [1.807, 2.05) is 35.2 Å². The minimum Gasteiger partial charge on any atom is -0.495 e. The molecule has 0 saturated carbocycles. The summed E-state index contributed by atoms with van der Waals surface area (Å²) >= 11 is 6.22. The highest BCUT2D eigenvalue weighted by atomic mass is 35.5. The molecule has 6 nitrogen and oxygen atoms in total. The lowest BCUT2D eigenvalue weighted by Gasteiger charge is -2.33. The quantitative estimate of drug-likeness (QED) is 0.430. The lowest BCUT2D eigenvalue weighted by Crippen LogP contribution is -2.39. The van der Waals surface area contributed by atoms with Crippen molar-refractivity contribution in [2.45, 2.75) is 18.9 Å². The monoisotopic (exact) mass is 446 g/mol. The highest BCUT2D eigenvalue weighted by molar-refractivity contribution is 6.32. The van der Waals surface area contributed by atoms with Crippen molar-refractivity contribution in [2.75, 3.05) is 20.2 Å². The fourth-order valence-electron chi connectivity index (χ4n) is 4.38. The summed E-state index contributed by atoms with van der Waals surface area (Å²) in [6, 6.07) is 19.5. The van der Waals surface area contributed by atoms with Crippen molar-refractivity contribution in [1.82, 2.24) is 19.4 Å². The molecular weight excluding hydrogens is 424 g/mol. The second-order valence-corrected chi connectivity index (χ2v) is 8.30. The number of piperidine rings is 1. The first-order chi connectivity index (χ1) is 15.7. The maximum absolute atomic E-state index is 13.0. The van der Waals surface area contributed by atoms with Crippen LogP contribution in [0, 0.1) is 0 Å². The van der Waals surface area contributed by atoms with E-state index in [9.17, 15) is 4.79 Å². The van der Waals surface area contributed by atoms with Crippen LogP contribution in [0.15, 0.2) is 66.9 Å². The van der Waals surface area contributed by atoms with Crippen molar-refractivity contribution in [1.29, 1.82) is 0 Å². The number of imidazole rings is 1. The van der Waals surface area contributed by atoms with Gasteiger partial charge in [-0.25, -0.2) is 9.97 Å². The van der Waals surface area contributed by atoms with E-state index in [1.165, 1.54) is 0 Å². The third kappa shape index (κ3) is 3.71. The second-order valence-electron chi connectivity index (χ2n) is 7.89. The van der Waals surface area contributed by atoms with Gasteiger partial charge in [0, 0.05) is 36.5 Å². The maximum Gasteiger partial charge on any atom is 0.253 e. The molecule has 1 fully saturated rings. The van der Waals surface area contributed by atoms with Crippen molar-refractivity contribution in [3.05, 3.63) is 77.4 Å². The zero-order valence-electron chi connectivity index (χ0n) is 17.7. The molecule has 2 aromatic heterocycles. The molecule has 0 spiro atoms. The van der Waals surface area contributed by atoms with E-state index in [0.29, 0.717) is 29.4 Å². The van der Waals surface area contributed by atoms with Crippen molar-refractivity contribution in [3.63, 3.8) is 0 Å². The molecule has 3 heterocycles. The van der Waals surface area contributed by atoms with Gasteiger partial charge in [-0.3, -0.25) is 4.79 Å². The van der Waals surface area contributed by atoms with Crippen molar-refractivity contribution in [2.24, 2.45) is 0 Å². The van der Waals surface area contributed by atoms with Gasteiger partial charge >= 0.3 is 0 Å². The van der Waals surface area contributed by atoms with E-state index in [2.05, 4.69) is 21.7 Å². The number of aromatic nitrogens is 3. The largest absolute Gasteiger partial charge is 0.495 e. The van der Waals surface area contributed by atoms with E-state index >= 15 is 0 Å². The molecular formula is C25H23ClN4O2. The summed E-state index contributed by atoms with van der Waals surface area (Å²) in [4.78, 5) is 24.4. The number of carbonyl (C=O) groups excluding carboxylic acids is 1. The number of nitrogens with zero attached hydrogens (tertiary/aromatic N) is 4. The Bertz CT molecular complexity index is 1260. The summed E-state index contributed by atoms with van der Waals surface area (Å²) in [5.74, 6) is 1.48. The zero-order chi connectivity index (χ0) is 22.1. The zero-order valence-corrected chi connectivity index (χ0v) is 18.5. The second kappa shape index (κ2) is 8.63. The Kier molecular flexibility index (Phi) is 5.53. The van der Waals surface area contributed by atoms with Gasteiger partial charge in [-0.1, -0.05) is 41.9 Å². The first-order valence-electron chi connectivity index (χ1n) is 10.7. The molecule has 5 rings (SSSR count). The van der Waals surface area contributed by atoms with Crippen molar-refractivity contribution < 1.29 is 9.53 Å². The Hall–Kier alpha value is -3.38. The highest BCUT2D eigenvalue weighted by Gasteiger charge is 2.28. The third-order valence-corrected chi connectivity index (χ3v) is 6.29. The van der Waals surface area contributed by atoms with E-state index in [1.54, 1.807) is 31.5 Å². The Labute approximate surface area is 191 Å². The van der Waals surface area contributed by atoms with E-state index in [-0.39, 0.29) is 11.9 Å². The molecule has 1 saturated heterocycles. The number of hydrogen-bond donors (Lipinski definition) is 0. The van der Waals surface area contributed by atoms with Gasteiger partial charge in [0.15, 0.2) is 5.65 Å². The molecule has 162 valence electrons. The lowest BCUT2D eigenvalue weighted by molar-refractivity contribution is 0.0696. The number of benzene rings is 2. The van der Waals surface area contributed by atoms with E-state index < -0.39 is 0 Å².